The van der Waals surface area contributed by atoms with Gasteiger partial charge < -0.3 is 9.88 Å². The number of amides is 1. The first-order valence-electron chi connectivity index (χ1n) is 9.54. The van der Waals surface area contributed by atoms with Gasteiger partial charge in [0, 0.05) is 36.7 Å². The number of benzene rings is 2. The Balaban J connectivity index is 1.47. The van der Waals surface area contributed by atoms with Crippen LogP contribution in [0.25, 0.3) is 10.9 Å². The van der Waals surface area contributed by atoms with E-state index in [9.17, 15) is 17.6 Å². The lowest BCUT2D eigenvalue weighted by Crippen LogP contribution is -2.28. The molecule has 1 amide bonds. The highest BCUT2D eigenvalue weighted by Gasteiger charge is 2.27. The molecule has 0 saturated carbocycles. The molecule has 0 aliphatic carbocycles. The van der Waals surface area contributed by atoms with E-state index in [4.69, 9.17) is 0 Å². The second kappa shape index (κ2) is 7.96. The summed E-state index contributed by atoms with van der Waals surface area (Å²) in [5.41, 5.74) is 1.47. The van der Waals surface area contributed by atoms with E-state index in [0.29, 0.717) is 18.7 Å². The lowest BCUT2D eigenvalue weighted by Gasteiger charge is -2.15. The fourth-order valence-corrected chi connectivity index (χ4v) is 5.17. The molecule has 1 aliphatic heterocycles. The Morgan fingerprint density at radius 2 is 1.86 bits per heavy atom. The normalized spacial score (nSPS) is 15.1. The Morgan fingerprint density at radius 3 is 2.62 bits per heavy atom. The first-order chi connectivity index (χ1) is 13.9. The van der Waals surface area contributed by atoms with Crippen LogP contribution in [0.15, 0.2) is 59.6 Å². The highest BCUT2D eigenvalue weighted by molar-refractivity contribution is 7.89. The van der Waals surface area contributed by atoms with E-state index < -0.39 is 10.0 Å². The van der Waals surface area contributed by atoms with E-state index in [-0.39, 0.29) is 29.7 Å². The number of carbonyl (C=O) groups is 1. The van der Waals surface area contributed by atoms with Crippen molar-refractivity contribution in [1.29, 1.82) is 0 Å². The molecule has 1 N–H and O–H groups in total. The number of hydrogen-bond acceptors (Lipinski definition) is 3. The second-order valence-corrected chi connectivity index (χ2v) is 9.12. The van der Waals surface area contributed by atoms with Crippen molar-refractivity contribution in [2.75, 3.05) is 13.1 Å². The van der Waals surface area contributed by atoms with Crippen molar-refractivity contribution >= 4 is 26.8 Å². The first kappa shape index (κ1) is 19.6. The van der Waals surface area contributed by atoms with Crippen molar-refractivity contribution in [3.05, 3.63) is 66.1 Å². The Bertz CT molecular complexity index is 1150. The van der Waals surface area contributed by atoms with Gasteiger partial charge in [-0.3, -0.25) is 4.79 Å². The van der Waals surface area contributed by atoms with Crippen LogP contribution in [0, 0.1) is 5.82 Å². The van der Waals surface area contributed by atoms with Crippen LogP contribution >= 0.6 is 0 Å². The van der Waals surface area contributed by atoms with Gasteiger partial charge in [0.1, 0.15) is 12.4 Å². The number of nitrogens with zero attached hydrogens (tertiary/aromatic N) is 2. The average Bonchev–Trinajstić information content (AvgIpc) is 3.37. The zero-order chi connectivity index (χ0) is 20.4. The van der Waals surface area contributed by atoms with E-state index in [1.807, 2.05) is 0 Å². The van der Waals surface area contributed by atoms with Crippen molar-refractivity contribution < 1.29 is 17.6 Å². The average molecular weight is 415 g/mol. The van der Waals surface area contributed by atoms with Gasteiger partial charge in [0.25, 0.3) is 0 Å². The minimum absolute atomic E-state index is 0.0943. The minimum Gasteiger partial charge on any atom is -0.350 e. The summed E-state index contributed by atoms with van der Waals surface area (Å²) in [5.74, 6) is -0.548. The predicted octanol–water partition coefficient (Wildman–Crippen LogP) is 2.88. The Kier molecular flexibility index (Phi) is 5.38. The molecule has 3 aromatic rings. The highest BCUT2D eigenvalue weighted by Crippen LogP contribution is 2.25. The fourth-order valence-electron chi connectivity index (χ4n) is 3.61. The maximum Gasteiger partial charge on any atom is 0.243 e. The third kappa shape index (κ3) is 4.18. The van der Waals surface area contributed by atoms with Crippen molar-refractivity contribution in [3.8, 4) is 0 Å². The van der Waals surface area contributed by atoms with Crippen molar-refractivity contribution in [3.63, 3.8) is 0 Å². The summed E-state index contributed by atoms with van der Waals surface area (Å²) in [6.07, 6.45) is 3.55. The molecular weight excluding hydrogens is 393 g/mol. The summed E-state index contributed by atoms with van der Waals surface area (Å²) in [5, 5.41) is 3.54. The number of halogens is 1. The van der Waals surface area contributed by atoms with E-state index in [1.54, 1.807) is 47.2 Å². The summed E-state index contributed by atoms with van der Waals surface area (Å²) in [4.78, 5) is 12.6. The van der Waals surface area contributed by atoms with Gasteiger partial charge in [-0.05, 0) is 54.8 Å². The summed E-state index contributed by atoms with van der Waals surface area (Å²) in [7, 11) is -3.47. The topological polar surface area (TPSA) is 71.4 Å². The van der Waals surface area contributed by atoms with Crippen molar-refractivity contribution in [2.45, 2.75) is 30.8 Å². The molecule has 0 spiro atoms. The number of sulfonamides is 1. The van der Waals surface area contributed by atoms with Crippen LogP contribution in [0.2, 0.25) is 0 Å². The van der Waals surface area contributed by atoms with E-state index >= 15 is 0 Å². The van der Waals surface area contributed by atoms with Crippen LogP contribution in [0.5, 0.6) is 0 Å². The molecule has 6 nitrogen and oxygen atoms in total. The van der Waals surface area contributed by atoms with E-state index in [2.05, 4.69) is 5.32 Å². The molecule has 0 radical (unpaired) electrons. The van der Waals surface area contributed by atoms with Crippen LogP contribution in [-0.4, -0.2) is 36.3 Å². The quantitative estimate of drug-likeness (QED) is 0.673. The predicted molar refractivity (Wildman–Crippen MR) is 108 cm³/mol. The van der Waals surface area contributed by atoms with Gasteiger partial charge in [-0.25, -0.2) is 12.8 Å². The number of aromatic nitrogens is 1. The minimum atomic E-state index is -3.47. The maximum absolute atomic E-state index is 13.2. The number of hydrogen-bond donors (Lipinski definition) is 1. The van der Waals surface area contributed by atoms with Crippen LogP contribution < -0.4 is 5.32 Å². The van der Waals surface area contributed by atoms with Crippen LogP contribution in [0.3, 0.4) is 0 Å². The van der Waals surface area contributed by atoms with Gasteiger partial charge >= 0.3 is 0 Å². The third-order valence-corrected chi connectivity index (χ3v) is 7.03. The number of nitrogens with one attached hydrogen (secondary N) is 1. The van der Waals surface area contributed by atoms with Gasteiger partial charge in [0.15, 0.2) is 0 Å². The van der Waals surface area contributed by atoms with Gasteiger partial charge in [-0.15, -0.1) is 0 Å². The summed E-state index contributed by atoms with van der Waals surface area (Å²) < 4.78 is 42.0. The number of carbonyl (C=O) groups excluding carboxylic acids is 1. The molecule has 1 fully saturated rings. The van der Waals surface area contributed by atoms with Crippen LogP contribution in [0.4, 0.5) is 4.39 Å². The largest absolute Gasteiger partial charge is 0.350 e. The molecule has 29 heavy (non-hydrogen) atoms. The number of rotatable bonds is 6. The van der Waals surface area contributed by atoms with Crippen molar-refractivity contribution in [1.82, 2.24) is 14.2 Å². The van der Waals surface area contributed by atoms with Crippen LogP contribution in [0.1, 0.15) is 18.4 Å². The third-order valence-electron chi connectivity index (χ3n) is 5.14. The zero-order valence-corrected chi connectivity index (χ0v) is 16.7. The molecule has 1 aliphatic rings. The van der Waals surface area contributed by atoms with Gasteiger partial charge in [0.05, 0.1) is 4.90 Å². The second-order valence-electron chi connectivity index (χ2n) is 7.18. The van der Waals surface area contributed by atoms with Gasteiger partial charge in [-0.1, -0.05) is 12.1 Å². The zero-order valence-electron chi connectivity index (χ0n) is 15.8. The molecule has 1 saturated heterocycles. The lowest BCUT2D eigenvalue weighted by molar-refractivity contribution is -0.121. The summed E-state index contributed by atoms with van der Waals surface area (Å²) >= 11 is 0. The Morgan fingerprint density at radius 1 is 1.07 bits per heavy atom. The molecule has 0 bridgehead atoms. The molecule has 1 aromatic heterocycles. The first-order valence-corrected chi connectivity index (χ1v) is 11.0. The Hall–Kier alpha value is -2.71. The monoisotopic (exact) mass is 415 g/mol. The SMILES string of the molecule is O=C(Cn1ccc2cc(S(=O)(=O)N3CCCC3)ccc21)NCc1cccc(F)c1. The molecule has 2 aromatic carbocycles. The number of fused-ring (bicyclic) bond motifs is 1. The van der Waals surface area contributed by atoms with Crippen molar-refractivity contribution in [2.24, 2.45) is 0 Å². The highest BCUT2D eigenvalue weighted by atomic mass is 32.2. The van der Waals surface area contributed by atoms with E-state index in [1.165, 1.54) is 16.4 Å². The van der Waals surface area contributed by atoms with Gasteiger partial charge in [0.2, 0.25) is 15.9 Å². The molecule has 8 heteroatoms. The summed E-state index contributed by atoms with van der Waals surface area (Å²) in [6.45, 7) is 1.46. The fraction of sp³-hybridized carbons (Fsp3) is 0.286. The standard InChI is InChI=1S/C21H22FN3O3S/c22-18-5-3-4-16(12-18)14-23-21(26)15-24-11-8-17-13-19(6-7-20(17)24)29(27,28)25-9-1-2-10-25/h3-8,11-13H,1-2,9-10,14-15H2,(H,23,26). The van der Waals surface area contributed by atoms with E-state index in [0.717, 1.165) is 23.7 Å². The molecule has 0 atom stereocenters. The smallest absolute Gasteiger partial charge is 0.243 e. The van der Waals surface area contributed by atoms with Gasteiger partial charge in [-0.2, -0.15) is 4.31 Å². The maximum atomic E-state index is 13.2. The molecule has 4 rings (SSSR count). The molecule has 0 unspecified atom stereocenters. The lowest BCUT2D eigenvalue weighted by atomic mass is 10.2. The summed E-state index contributed by atoms with van der Waals surface area (Å²) in [6, 6.07) is 12.9. The Labute approximate surface area is 169 Å². The van der Waals surface area contributed by atoms with Crippen LogP contribution in [-0.2, 0) is 27.9 Å². The molecule has 152 valence electrons. The molecule has 2 heterocycles. The molecular formula is C21H22FN3O3S.